The molecule has 0 saturated carbocycles. The topological polar surface area (TPSA) is 113 Å². The van der Waals surface area contributed by atoms with Crippen molar-refractivity contribution >= 4 is 22.5 Å². The molecular weight excluding hydrogens is 244 g/mol. The van der Waals surface area contributed by atoms with Crippen LogP contribution in [0.5, 0.6) is 0 Å². The molecule has 19 heavy (non-hydrogen) atoms. The van der Waals surface area contributed by atoms with E-state index in [1.165, 1.54) is 10.9 Å². The standard InChI is InChI=1S/C12H10N6O/c13-8-6-18(17-11(8)12(14)19)10-5-15-16-9-4-2-1-3-7(9)10/h1-6H,13H2,(H2,14,19). The third-order valence-corrected chi connectivity index (χ3v) is 2.75. The number of aromatic nitrogens is 4. The maximum atomic E-state index is 11.2. The van der Waals surface area contributed by atoms with Crippen molar-refractivity contribution < 1.29 is 4.79 Å². The number of nitrogens with zero attached hydrogens (tertiary/aromatic N) is 4. The molecule has 0 radical (unpaired) electrons. The van der Waals surface area contributed by atoms with E-state index in [9.17, 15) is 4.79 Å². The van der Waals surface area contributed by atoms with E-state index < -0.39 is 5.91 Å². The van der Waals surface area contributed by atoms with Crippen LogP contribution >= 0.6 is 0 Å². The predicted molar refractivity (Wildman–Crippen MR) is 69.6 cm³/mol. The largest absolute Gasteiger partial charge is 0.396 e. The first-order chi connectivity index (χ1) is 9.16. The van der Waals surface area contributed by atoms with Crippen LogP contribution in [0.4, 0.5) is 5.69 Å². The zero-order chi connectivity index (χ0) is 13.4. The first-order valence-corrected chi connectivity index (χ1v) is 5.52. The van der Waals surface area contributed by atoms with Gasteiger partial charge in [-0.25, -0.2) is 4.68 Å². The number of fused-ring (bicyclic) bond motifs is 1. The van der Waals surface area contributed by atoms with E-state index in [0.717, 1.165) is 10.9 Å². The van der Waals surface area contributed by atoms with E-state index in [4.69, 9.17) is 11.5 Å². The summed E-state index contributed by atoms with van der Waals surface area (Å²) in [5.41, 5.74) is 12.6. The van der Waals surface area contributed by atoms with Gasteiger partial charge in [0.25, 0.3) is 5.91 Å². The van der Waals surface area contributed by atoms with Gasteiger partial charge in [0.05, 0.1) is 29.3 Å². The second-order valence-corrected chi connectivity index (χ2v) is 3.99. The van der Waals surface area contributed by atoms with Crippen molar-refractivity contribution in [3.63, 3.8) is 0 Å². The zero-order valence-electron chi connectivity index (χ0n) is 9.82. The molecule has 0 unspecified atom stereocenters. The highest BCUT2D eigenvalue weighted by atomic mass is 16.1. The number of primary amides is 1. The molecule has 0 atom stereocenters. The monoisotopic (exact) mass is 254 g/mol. The SMILES string of the molecule is NC(=O)c1nn(-c2cnnc3ccccc23)cc1N. The number of carbonyl (C=O) groups excluding carboxylic acids is 1. The smallest absolute Gasteiger partial charge is 0.271 e. The lowest BCUT2D eigenvalue weighted by atomic mass is 10.2. The number of amides is 1. The van der Waals surface area contributed by atoms with Crippen LogP contribution < -0.4 is 11.5 Å². The molecule has 0 bridgehead atoms. The lowest BCUT2D eigenvalue weighted by Crippen LogP contribution is -2.14. The van der Waals surface area contributed by atoms with Gasteiger partial charge in [0, 0.05) is 5.39 Å². The van der Waals surface area contributed by atoms with E-state index in [0.29, 0.717) is 5.69 Å². The summed E-state index contributed by atoms with van der Waals surface area (Å²) >= 11 is 0. The van der Waals surface area contributed by atoms with E-state index >= 15 is 0 Å². The number of benzene rings is 1. The molecular formula is C12H10N6O. The summed E-state index contributed by atoms with van der Waals surface area (Å²) in [6, 6.07) is 7.48. The molecule has 0 saturated heterocycles. The molecule has 0 spiro atoms. The molecule has 3 rings (SSSR count). The lowest BCUT2D eigenvalue weighted by Gasteiger charge is -2.04. The van der Waals surface area contributed by atoms with Crippen LogP contribution in [-0.4, -0.2) is 25.9 Å². The fraction of sp³-hybridized carbons (Fsp3) is 0. The van der Waals surface area contributed by atoms with Crippen LogP contribution in [0.15, 0.2) is 36.7 Å². The summed E-state index contributed by atoms with van der Waals surface area (Å²) in [6.07, 6.45) is 3.09. The fourth-order valence-corrected chi connectivity index (χ4v) is 1.88. The van der Waals surface area contributed by atoms with Gasteiger partial charge in [-0.1, -0.05) is 18.2 Å². The summed E-state index contributed by atoms with van der Waals surface area (Å²) < 4.78 is 1.48. The Labute approximate surface area is 107 Å². The minimum atomic E-state index is -0.664. The number of hydrogen-bond donors (Lipinski definition) is 2. The fourth-order valence-electron chi connectivity index (χ4n) is 1.88. The van der Waals surface area contributed by atoms with E-state index in [1.54, 1.807) is 6.20 Å². The van der Waals surface area contributed by atoms with Gasteiger partial charge in [-0.3, -0.25) is 4.79 Å². The minimum absolute atomic E-state index is 0.0425. The van der Waals surface area contributed by atoms with E-state index in [-0.39, 0.29) is 11.4 Å². The Balaban J connectivity index is 2.25. The second-order valence-electron chi connectivity index (χ2n) is 3.99. The Morgan fingerprint density at radius 3 is 2.79 bits per heavy atom. The Bertz CT molecular complexity index is 773. The van der Waals surface area contributed by atoms with Gasteiger partial charge in [0.2, 0.25) is 0 Å². The first-order valence-electron chi connectivity index (χ1n) is 5.52. The van der Waals surface area contributed by atoms with Gasteiger partial charge >= 0.3 is 0 Å². The van der Waals surface area contributed by atoms with Gasteiger partial charge in [-0.05, 0) is 6.07 Å². The summed E-state index contributed by atoms with van der Waals surface area (Å²) in [5, 5.41) is 12.9. The number of rotatable bonds is 2. The van der Waals surface area contributed by atoms with Crippen LogP contribution in [0.3, 0.4) is 0 Å². The van der Waals surface area contributed by atoms with Crippen LogP contribution in [0, 0.1) is 0 Å². The Morgan fingerprint density at radius 1 is 1.26 bits per heavy atom. The molecule has 4 N–H and O–H groups in total. The molecule has 7 heteroatoms. The lowest BCUT2D eigenvalue weighted by molar-refractivity contribution is 0.0996. The molecule has 94 valence electrons. The molecule has 2 heterocycles. The van der Waals surface area contributed by atoms with Crippen LogP contribution in [0.1, 0.15) is 10.5 Å². The van der Waals surface area contributed by atoms with Gasteiger partial charge in [-0.2, -0.15) is 15.3 Å². The van der Waals surface area contributed by atoms with Gasteiger partial charge in [-0.15, -0.1) is 0 Å². The number of nitrogens with two attached hydrogens (primary N) is 2. The summed E-state index contributed by atoms with van der Waals surface area (Å²) in [6.45, 7) is 0. The molecule has 2 aromatic heterocycles. The number of hydrogen-bond acceptors (Lipinski definition) is 5. The van der Waals surface area contributed by atoms with Crippen molar-refractivity contribution in [1.82, 2.24) is 20.0 Å². The Kier molecular flexibility index (Phi) is 2.38. The highest BCUT2D eigenvalue weighted by Crippen LogP contribution is 2.20. The number of carbonyl (C=O) groups is 1. The molecule has 0 aliphatic rings. The highest BCUT2D eigenvalue weighted by Gasteiger charge is 2.13. The second kappa shape index (κ2) is 4.05. The van der Waals surface area contributed by atoms with Crippen molar-refractivity contribution in [2.24, 2.45) is 5.73 Å². The maximum absolute atomic E-state index is 11.2. The molecule has 3 aromatic rings. The van der Waals surface area contributed by atoms with Gasteiger partial charge in [0.1, 0.15) is 0 Å². The van der Waals surface area contributed by atoms with E-state index in [2.05, 4.69) is 15.3 Å². The maximum Gasteiger partial charge on any atom is 0.271 e. The van der Waals surface area contributed by atoms with Crippen LogP contribution in [-0.2, 0) is 0 Å². The molecule has 0 aliphatic heterocycles. The minimum Gasteiger partial charge on any atom is -0.396 e. The van der Waals surface area contributed by atoms with Crippen molar-refractivity contribution in [2.75, 3.05) is 5.73 Å². The Morgan fingerprint density at radius 2 is 2.05 bits per heavy atom. The number of anilines is 1. The van der Waals surface area contributed by atoms with Gasteiger partial charge < -0.3 is 11.5 Å². The highest BCUT2D eigenvalue weighted by molar-refractivity contribution is 5.96. The normalized spacial score (nSPS) is 10.7. The van der Waals surface area contributed by atoms with Crippen molar-refractivity contribution in [3.05, 3.63) is 42.4 Å². The van der Waals surface area contributed by atoms with Crippen LogP contribution in [0.25, 0.3) is 16.6 Å². The third-order valence-electron chi connectivity index (χ3n) is 2.75. The van der Waals surface area contributed by atoms with Crippen molar-refractivity contribution in [3.8, 4) is 5.69 Å². The molecule has 7 nitrogen and oxygen atoms in total. The average molecular weight is 254 g/mol. The summed E-state index contributed by atoms with van der Waals surface area (Å²) in [4.78, 5) is 11.2. The van der Waals surface area contributed by atoms with Crippen molar-refractivity contribution in [1.29, 1.82) is 0 Å². The number of nitrogen functional groups attached to an aromatic ring is 1. The van der Waals surface area contributed by atoms with Crippen molar-refractivity contribution in [2.45, 2.75) is 0 Å². The summed E-state index contributed by atoms with van der Waals surface area (Å²) in [5.74, 6) is -0.664. The zero-order valence-corrected chi connectivity index (χ0v) is 9.82. The predicted octanol–water partition coefficient (Wildman–Crippen LogP) is 0.497. The molecule has 0 aliphatic carbocycles. The first kappa shape index (κ1) is 11.1. The Hall–Kier alpha value is -2.96. The third kappa shape index (κ3) is 1.77. The van der Waals surface area contributed by atoms with Crippen LogP contribution in [0.2, 0.25) is 0 Å². The quantitative estimate of drug-likeness (QED) is 0.691. The van der Waals surface area contributed by atoms with Gasteiger partial charge in [0.15, 0.2) is 5.69 Å². The molecule has 1 aromatic carbocycles. The molecule has 0 fully saturated rings. The molecule has 1 amide bonds. The summed E-state index contributed by atoms with van der Waals surface area (Å²) in [7, 11) is 0. The average Bonchev–Trinajstić information content (AvgIpc) is 2.80. The van der Waals surface area contributed by atoms with E-state index in [1.807, 2.05) is 24.3 Å².